The maximum Gasteiger partial charge on any atom is 0.0619 e. The zero-order valence-electron chi connectivity index (χ0n) is 25.8. The van der Waals surface area contributed by atoms with Crippen molar-refractivity contribution in [3.8, 4) is 22.5 Å². The fourth-order valence-electron chi connectivity index (χ4n) is 6.85. The van der Waals surface area contributed by atoms with Gasteiger partial charge in [-0.1, -0.05) is 111 Å². The molecule has 0 atom stereocenters. The number of rotatable bonds is 3. The van der Waals surface area contributed by atoms with Crippen LogP contribution in [0, 0.1) is 0 Å². The van der Waals surface area contributed by atoms with E-state index >= 15 is 0 Å². The molecule has 0 fully saturated rings. The molecule has 44 heavy (non-hydrogen) atoms. The van der Waals surface area contributed by atoms with E-state index in [1.54, 1.807) is 0 Å². The molecule has 2 nitrogen and oxygen atoms in total. The summed E-state index contributed by atoms with van der Waals surface area (Å²) < 4.78 is 4.80. The van der Waals surface area contributed by atoms with E-state index < -0.39 is 0 Å². The predicted octanol–water partition coefficient (Wildman–Crippen LogP) is 10.2. The Morgan fingerprint density at radius 3 is 1.68 bits per heavy atom. The molecular formula is C42H36N2. The standard InChI is InChI=1S/C40H30N2.C2H6/c1-3-30-35-25-27(23-24-39(35)41(37(30)4-2)28-15-7-5-8-16-28)34-26-36-32-20-13-14-22-38(32)42(29-17-9-6-10-18-29)40(36)33-21-12-11-19-31(33)34;1-2/h3-26H,1-2H3;1-2H3/b30-3-,37-4+;. The number of hydrogen-bond acceptors (Lipinski definition) is 0. The van der Waals surface area contributed by atoms with Gasteiger partial charge in [0.15, 0.2) is 0 Å². The van der Waals surface area contributed by atoms with Gasteiger partial charge in [0.1, 0.15) is 0 Å². The van der Waals surface area contributed by atoms with Crippen LogP contribution in [0.5, 0.6) is 0 Å². The van der Waals surface area contributed by atoms with Gasteiger partial charge in [-0.15, -0.1) is 0 Å². The first-order valence-electron chi connectivity index (χ1n) is 15.6. The zero-order valence-corrected chi connectivity index (χ0v) is 25.8. The summed E-state index contributed by atoms with van der Waals surface area (Å²) in [5.74, 6) is 0. The molecule has 0 unspecified atom stereocenters. The summed E-state index contributed by atoms with van der Waals surface area (Å²) in [6.45, 7) is 8.27. The molecule has 8 aromatic rings. The Balaban J connectivity index is 0.00000153. The van der Waals surface area contributed by atoms with Crippen molar-refractivity contribution in [1.29, 1.82) is 0 Å². The fraction of sp³-hybridized carbons (Fsp3) is 0.0952. The Morgan fingerprint density at radius 1 is 0.455 bits per heavy atom. The molecule has 0 saturated carbocycles. The van der Waals surface area contributed by atoms with Crippen molar-refractivity contribution < 1.29 is 0 Å². The van der Waals surface area contributed by atoms with Gasteiger partial charge in [0.25, 0.3) is 0 Å². The lowest BCUT2D eigenvalue weighted by molar-refractivity contribution is 1.07. The van der Waals surface area contributed by atoms with Crippen LogP contribution in [0.2, 0.25) is 0 Å². The molecule has 8 rings (SSSR count). The minimum atomic E-state index is 1.18. The van der Waals surface area contributed by atoms with Gasteiger partial charge in [-0.25, -0.2) is 0 Å². The molecular weight excluding hydrogens is 532 g/mol. The molecule has 0 bridgehead atoms. The molecule has 0 aliphatic heterocycles. The van der Waals surface area contributed by atoms with E-state index in [1.165, 1.54) is 76.6 Å². The van der Waals surface area contributed by atoms with Crippen molar-refractivity contribution in [1.82, 2.24) is 9.13 Å². The number of nitrogens with zero attached hydrogens (tertiary/aromatic N) is 2. The van der Waals surface area contributed by atoms with Crippen LogP contribution in [-0.4, -0.2) is 9.13 Å². The smallest absolute Gasteiger partial charge is 0.0619 e. The van der Waals surface area contributed by atoms with Crippen LogP contribution in [0.3, 0.4) is 0 Å². The SMILES string of the molecule is C/C=c1\c(=C/C)n(-c2ccccc2)c2ccc(-c3cc4c5ccccc5n(-c5ccccc5)c4c4ccccc34)cc12.CC. The minimum absolute atomic E-state index is 1.18. The Bertz CT molecular complexity index is 2410. The third kappa shape index (κ3) is 4.18. The highest BCUT2D eigenvalue weighted by Gasteiger charge is 2.18. The molecule has 2 heterocycles. The average Bonchev–Trinajstić information content (AvgIpc) is 3.61. The Hall–Kier alpha value is -5.34. The van der Waals surface area contributed by atoms with Crippen LogP contribution in [-0.2, 0) is 0 Å². The predicted molar refractivity (Wildman–Crippen MR) is 191 cm³/mol. The fourth-order valence-corrected chi connectivity index (χ4v) is 6.85. The quantitative estimate of drug-likeness (QED) is 0.201. The van der Waals surface area contributed by atoms with Crippen LogP contribution in [0.4, 0.5) is 0 Å². The molecule has 214 valence electrons. The van der Waals surface area contributed by atoms with Crippen molar-refractivity contribution in [3.05, 3.63) is 144 Å². The van der Waals surface area contributed by atoms with Crippen LogP contribution < -0.4 is 10.6 Å². The maximum atomic E-state index is 2.42. The third-order valence-corrected chi connectivity index (χ3v) is 8.62. The average molecular weight is 569 g/mol. The monoisotopic (exact) mass is 568 g/mol. The van der Waals surface area contributed by atoms with Gasteiger partial charge in [-0.05, 0) is 78.9 Å². The minimum Gasteiger partial charge on any atom is -0.310 e. The summed E-state index contributed by atoms with van der Waals surface area (Å²) >= 11 is 0. The number of para-hydroxylation sites is 3. The van der Waals surface area contributed by atoms with Crippen LogP contribution in [0.1, 0.15) is 27.7 Å². The lowest BCUT2D eigenvalue weighted by Crippen LogP contribution is -2.27. The highest BCUT2D eigenvalue weighted by atomic mass is 15.0. The molecule has 0 amide bonds. The number of benzene rings is 6. The summed E-state index contributed by atoms with van der Waals surface area (Å²) in [7, 11) is 0. The maximum absolute atomic E-state index is 2.42. The van der Waals surface area contributed by atoms with Gasteiger partial charge in [0.05, 0.1) is 16.6 Å². The summed E-state index contributed by atoms with van der Waals surface area (Å²) in [4.78, 5) is 0. The molecule has 0 aliphatic carbocycles. The van der Waals surface area contributed by atoms with E-state index in [0.717, 1.165) is 0 Å². The van der Waals surface area contributed by atoms with Crippen molar-refractivity contribution >= 4 is 55.6 Å². The molecule has 2 heteroatoms. The summed E-state index contributed by atoms with van der Waals surface area (Å²) in [5, 5.41) is 8.82. The normalized spacial score (nSPS) is 12.4. The van der Waals surface area contributed by atoms with Gasteiger partial charge < -0.3 is 9.13 Å². The third-order valence-electron chi connectivity index (χ3n) is 8.62. The highest BCUT2D eigenvalue weighted by molar-refractivity contribution is 6.22. The first kappa shape index (κ1) is 27.5. The topological polar surface area (TPSA) is 9.86 Å². The molecule has 0 spiro atoms. The Kier molecular flexibility index (Phi) is 7.12. The van der Waals surface area contributed by atoms with Crippen LogP contribution in [0.25, 0.3) is 78.1 Å². The van der Waals surface area contributed by atoms with Crippen molar-refractivity contribution in [3.63, 3.8) is 0 Å². The number of hydrogen-bond donors (Lipinski definition) is 0. The van der Waals surface area contributed by atoms with Gasteiger partial charge in [0.2, 0.25) is 0 Å². The summed E-state index contributed by atoms with van der Waals surface area (Å²) in [5.41, 5.74) is 8.54. The van der Waals surface area contributed by atoms with E-state index in [4.69, 9.17) is 0 Å². The number of fused-ring (bicyclic) bond motifs is 6. The van der Waals surface area contributed by atoms with E-state index in [2.05, 4.69) is 169 Å². The second-order valence-electron chi connectivity index (χ2n) is 10.8. The Labute approximate surface area is 258 Å². The van der Waals surface area contributed by atoms with E-state index in [1.807, 2.05) is 13.8 Å². The second-order valence-corrected chi connectivity index (χ2v) is 10.8. The summed E-state index contributed by atoms with van der Waals surface area (Å²) in [6.07, 6.45) is 4.47. The summed E-state index contributed by atoms with van der Waals surface area (Å²) in [6, 6.07) is 48.4. The lowest BCUT2D eigenvalue weighted by Gasteiger charge is -2.13. The van der Waals surface area contributed by atoms with E-state index in [0.29, 0.717) is 0 Å². The Morgan fingerprint density at radius 2 is 1.02 bits per heavy atom. The first-order valence-corrected chi connectivity index (χ1v) is 15.6. The van der Waals surface area contributed by atoms with Crippen LogP contribution >= 0.6 is 0 Å². The molecule has 0 aliphatic rings. The molecule has 0 radical (unpaired) electrons. The lowest BCUT2D eigenvalue weighted by atomic mass is 9.94. The molecule has 6 aromatic carbocycles. The number of aromatic nitrogens is 2. The van der Waals surface area contributed by atoms with Crippen molar-refractivity contribution in [2.75, 3.05) is 0 Å². The highest BCUT2D eigenvalue weighted by Crippen LogP contribution is 2.41. The molecule has 0 saturated heterocycles. The molecule has 2 aromatic heterocycles. The zero-order chi connectivity index (χ0) is 30.2. The first-order chi connectivity index (χ1) is 21.8. The molecule has 0 N–H and O–H groups in total. The van der Waals surface area contributed by atoms with E-state index in [9.17, 15) is 0 Å². The van der Waals surface area contributed by atoms with Gasteiger partial charge in [-0.2, -0.15) is 0 Å². The van der Waals surface area contributed by atoms with E-state index in [-0.39, 0.29) is 0 Å². The van der Waals surface area contributed by atoms with Gasteiger partial charge >= 0.3 is 0 Å². The largest absolute Gasteiger partial charge is 0.310 e. The van der Waals surface area contributed by atoms with Crippen LogP contribution in [0.15, 0.2) is 133 Å². The van der Waals surface area contributed by atoms with Crippen molar-refractivity contribution in [2.24, 2.45) is 0 Å². The van der Waals surface area contributed by atoms with Crippen molar-refractivity contribution in [2.45, 2.75) is 27.7 Å². The van der Waals surface area contributed by atoms with Gasteiger partial charge in [0, 0.05) is 43.5 Å². The van der Waals surface area contributed by atoms with Gasteiger partial charge in [-0.3, -0.25) is 0 Å². The second kappa shape index (κ2) is 11.4.